The lowest BCUT2D eigenvalue weighted by atomic mass is 10.2. The standard InChI is InChI=1S/C21H20F3N7O2/c1-2-29-11-15(9-25-29)12-31-13-17(10-26-31)27-20(32)19-6-7-30(28-19)14-33-18-5-3-4-16(8-18)21(22,23)24/h3-11,13H,2,12,14H2,1H3,(H,27,32). The first kappa shape index (κ1) is 22.1. The van der Waals surface area contributed by atoms with E-state index in [4.69, 9.17) is 4.74 Å². The van der Waals surface area contributed by atoms with Gasteiger partial charge in [-0.3, -0.25) is 14.2 Å². The number of rotatable bonds is 8. The summed E-state index contributed by atoms with van der Waals surface area (Å²) in [5, 5.41) is 15.2. The van der Waals surface area contributed by atoms with Crippen LogP contribution in [0.25, 0.3) is 0 Å². The SMILES string of the molecule is CCn1cc(Cn2cc(NC(=O)c3ccn(COc4cccc(C(F)(F)F)c4)n3)cn2)cn1. The fourth-order valence-electron chi connectivity index (χ4n) is 3.02. The van der Waals surface area contributed by atoms with Crippen molar-refractivity contribution in [2.75, 3.05) is 5.32 Å². The van der Waals surface area contributed by atoms with Crippen LogP contribution in [0.2, 0.25) is 0 Å². The second-order valence-electron chi connectivity index (χ2n) is 7.12. The molecule has 0 unspecified atom stereocenters. The van der Waals surface area contributed by atoms with Crippen molar-refractivity contribution >= 4 is 11.6 Å². The van der Waals surface area contributed by atoms with Crippen LogP contribution < -0.4 is 10.1 Å². The molecule has 0 saturated heterocycles. The van der Waals surface area contributed by atoms with Gasteiger partial charge in [-0.25, -0.2) is 4.68 Å². The van der Waals surface area contributed by atoms with E-state index in [1.165, 1.54) is 35.3 Å². The lowest BCUT2D eigenvalue weighted by molar-refractivity contribution is -0.137. The highest BCUT2D eigenvalue weighted by atomic mass is 19.4. The number of nitrogens with one attached hydrogen (secondary N) is 1. The molecule has 12 heteroatoms. The van der Waals surface area contributed by atoms with Crippen molar-refractivity contribution in [2.45, 2.75) is 32.9 Å². The Morgan fingerprint density at radius 1 is 1.09 bits per heavy atom. The summed E-state index contributed by atoms with van der Waals surface area (Å²) in [5.41, 5.74) is 0.801. The minimum absolute atomic E-state index is 0.0446. The molecular formula is C21H20F3N7O2. The lowest BCUT2D eigenvalue weighted by Crippen LogP contribution is -2.14. The van der Waals surface area contributed by atoms with Gasteiger partial charge in [-0.15, -0.1) is 0 Å². The zero-order chi connectivity index (χ0) is 23.4. The molecule has 1 aromatic carbocycles. The van der Waals surface area contributed by atoms with Crippen molar-refractivity contribution in [3.63, 3.8) is 0 Å². The monoisotopic (exact) mass is 459 g/mol. The van der Waals surface area contributed by atoms with Crippen molar-refractivity contribution < 1.29 is 22.7 Å². The molecule has 0 aliphatic carbocycles. The van der Waals surface area contributed by atoms with E-state index < -0.39 is 17.6 Å². The molecule has 9 nitrogen and oxygen atoms in total. The van der Waals surface area contributed by atoms with Crippen molar-refractivity contribution in [3.8, 4) is 5.75 Å². The van der Waals surface area contributed by atoms with Crippen LogP contribution >= 0.6 is 0 Å². The molecule has 4 aromatic rings. The van der Waals surface area contributed by atoms with E-state index in [2.05, 4.69) is 20.6 Å². The molecule has 0 aliphatic heterocycles. The Kier molecular flexibility index (Phi) is 6.16. The molecule has 0 saturated carbocycles. The Morgan fingerprint density at radius 3 is 2.67 bits per heavy atom. The fourth-order valence-corrected chi connectivity index (χ4v) is 3.02. The zero-order valence-electron chi connectivity index (χ0n) is 17.5. The quantitative estimate of drug-likeness (QED) is 0.434. The third kappa shape index (κ3) is 5.59. The molecule has 1 amide bonds. The zero-order valence-corrected chi connectivity index (χ0v) is 17.5. The van der Waals surface area contributed by atoms with Gasteiger partial charge in [-0.1, -0.05) is 6.07 Å². The minimum Gasteiger partial charge on any atom is -0.471 e. The van der Waals surface area contributed by atoms with Gasteiger partial charge in [0.1, 0.15) is 5.75 Å². The molecule has 0 bridgehead atoms. The number of ether oxygens (including phenoxy) is 1. The van der Waals surface area contributed by atoms with Crippen LogP contribution in [0.4, 0.5) is 18.9 Å². The van der Waals surface area contributed by atoms with Gasteiger partial charge in [0.2, 0.25) is 0 Å². The summed E-state index contributed by atoms with van der Waals surface area (Å²) < 4.78 is 48.6. The summed E-state index contributed by atoms with van der Waals surface area (Å²) in [6.07, 6.45) is 3.94. The molecule has 0 spiro atoms. The number of aryl methyl sites for hydroxylation is 1. The first-order valence-electron chi connectivity index (χ1n) is 9.99. The number of hydrogen-bond acceptors (Lipinski definition) is 5. The summed E-state index contributed by atoms with van der Waals surface area (Å²) in [5.74, 6) is -0.408. The molecular weight excluding hydrogens is 439 g/mol. The highest BCUT2D eigenvalue weighted by Gasteiger charge is 2.30. The van der Waals surface area contributed by atoms with E-state index in [9.17, 15) is 18.0 Å². The third-order valence-corrected chi connectivity index (χ3v) is 4.64. The number of alkyl halides is 3. The Bertz CT molecular complexity index is 1240. The van der Waals surface area contributed by atoms with Crippen LogP contribution in [0.3, 0.4) is 0 Å². The van der Waals surface area contributed by atoms with E-state index >= 15 is 0 Å². The molecule has 0 atom stereocenters. The Balaban J connectivity index is 1.32. The van der Waals surface area contributed by atoms with E-state index in [0.29, 0.717) is 12.2 Å². The van der Waals surface area contributed by atoms with Crippen molar-refractivity contribution in [1.29, 1.82) is 0 Å². The number of carbonyl (C=O) groups excluding carboxylic acids is 1. The third-order valence-electron chi connectivity index (χ3n) is 4.64. The molecule has 0 aliphatic rings. The van der Waals surface area contributed by atoms with Gasteiger partial charge in [0.25, 0.3) is 5.91 Å². The van der Waals surface area contributed by atoms with E-state index in [0.717, 1.165) is 24.2 Å². The summed E-state index contributed by atoms with van der Waals surface area (Å²) in [4.78, 5) is 12.5. The average Bonchev–Trinajstić information content (AvgIpc) is 3.53. The van der Waals surface area contributed by atoms with E-state index in [1.807, 2.05) is 17.8 Å². The second kappa shape index (κ2) is 9.18. The molecule has 172 valence electrons. The predicted octanol–water partition coefficient (Wildman–Crippen LogP) is 3.65. The first-order chi connectivity index (χ1) is 15.8. The summed E-state index contributed by atoms with van der Waals surface area (Å²) >= 11 is 0. The van der Waals surface area contributed by atoms with Crippen molar-refractivity contribution in [3.05, 3.63) is 78.1 Å². The maximum atomic E-state index is 12.8. The van der Waals surface area contributed by atoms with Gasteiger partial charge in [0, 0.05) is 30.7 Å². The van der Waals surface area contributed by atoms with Crippen molar-refractivity contribution in [1.82, 2.24) is 29.3 Å². The Labute approximate surface area is 186 Å². The minimum atomic E-state index is -4.46. The highest BCUT2D eigenvalue weighted by Crippen LogP contribution is 2.31. The average molecular weight is 459 g/mol. The maximum Gasteiger partial charge on any atom is 0.416 e. The Morgan fingerprint density at radius 2 is 1.91 bits per heavy atom. The van der Waals surface area contributed by atoms with Crippen LogP contribution in [-0.2, 0) is 26.0 Å². The number of amides is 1. The number of carbonyl (C=O) groups is 1. The van der Waals surface area contributed by atoms with Crippen molar-refractivity contribution in [2.24, 2.45) is 0 Å². The molecule has 3 aromatic heterocycles. The normalized spacial score (nSPS) is 11.5. The molecule has 33 heavy (non-hydrogen) atoms. The molecule has 1 N–H and O–H groups in total. The largest absolute Gasteiger partial charge is 0.471 e. The van der Waals surface area contributed by atoms with Gasteiger partial charge in [0.05, 0.1) is 30.2 Å². The van der Waals surface area contributed by atoms with Gasteiger partial charge >= 0.3 is 6.18 Å². The molecule has 4 rings (SSSR count). The van der Waals surface area contributed by atoms with E-state index in [1.54, 1.807) is 17.1 Å². The van der Waals surface area contributed by atoms with Crippen LogP contribution in [0, 0.1) is 0 Å². The van der Waals surface area contributed by atoms with Gasteiger partial charge in [0.15, 0.2) is 12.4 Å². The lowest BCUT2D eigenvalue weighted by Gasteiger charge is -2.10. The topological polar surface area (TPSA) is 91.8 Å². The van der Waals surface area contributed by atoms with Gasteiger partial charge < -0.3 is 10.1 Å². The molecule has 0 radical (unpaired) electrons. The first-order valence-corrected chi connectivity index (χ1v) is 9.99. The number of halogens is 3. The number of aromatic nitrogens is 6. The second-order valence-corrected chi connectivity index (χ2v) is 7.12. The smallest absolute Gasteiger partial charge is 0.416 e. The van der Waals surface area contributed by atoms with Crippen LogP contribution in [0.15, 0.2) is 61.3 Å². The predicted molar refractivity (Wildman–Crippen MR) is 111 cm³/mol. The van der Waals surface area contributed by atoms with Gasteiger partial charge in [-0.2, -0.15) is 28.5 Å². The molecule has 3 heterocycles. The number of nitrogens with zero attached hydrogens (tertiary/aromatic N) is 6. The van der Waals surface area contributed by atoms with Crippen LogP contribution in [0.5, 0.6) is 5.75 Å². The summed E-state index contributed by atoms with van der Waals surface area (Å²) in [6, 6.07) is 6.02. The van der Waals surface area contributed by atoms with Gasteiger partial charge in [-0.05, 0) is 31.2 Å². The number of anilines is 1. The van der Waals surface area contributed by atoms with Crippen LogP contribution in [0.1, 0.15) is 28.5 Å². The summed E-state index contributed by atoms with van der Waals surface area (Å²) in [7, 11) is 0. The number of benzene rings is 1. The highest BCUT2D eigenvalue weighted by molar-refractivity contribution is 6.02. The van der Waals surface area contributed by atoms with E-state index in [-0.39, 0.29) is 18.2 Å². The molecule has 0 fully saturated rings. The van der Waals surface area contributed by atoms with Crippen LogP contribution in [-0.4, -0.2) is 35.2 Å². The summed E-state index contributed by atoms with van der Waals surface area (Å²) in [6.45, 7) is 3.13. The number of hydrogen-bond donors (Lipinski definition) is 1. The Hall–Kier alpha value is -4.09. The fraction of sp³-hybridized carbons (Fsp3) is 0.238. The maximum absolute atomic E-state index is 12.8.